The Labute approximate surface area is 197 Å². The number of imide groups is 1. The fraction of sp³-hybridized carbons (Fsp3) is 0. The Morgan fingerprint density at radius 3 is 2.03 bits per heavy atom. The molecule has 174 valence electrons. The van der Waals surface area contributed by atoms with Gasteiger partial charge < -0.3 is 0 Å². The molecule has 0 radical (unpaired) electrons. The second-order valence-electron chi connectivity index (χ2n) is 7.13. The minimum Gasteiger partial charge on any atom is -0.268 e. The van der Waals surface area contributed by atoms with Crippen molar-refractivity contribution in [3.63, 3.8) is 0 Å². The fourth-order valence-electron chi connectivity index (χ4n) is 3.33. The van der Waals surface area contributed by atoms with Crippen molar-refractivity contribution >= 4 is 34.9 Å². The predicted octanol–water partition coefficient (Wildman–Crippen LogP) is 4.90. The lowest BCUT2D eigenvalue weighted by Crippen LogP contribution is -2.39. The number of nitrogens with zero attached hydrogens (tertiary/aromatic N) is 5. The third-order valence-electron chi connectivity index (χ3n) is 4.93. The summed E-state index contributed by atoms with van der Waals surface area (Å²) in [6.07, 6.45) is 1.44. The van der Waals surface area contributed by atoms with Crippen LogP contribution in [0.4, 0.5) is 23.5 Å². The Balaban J connectivity index is 1.69. The van der Waals surface area contributed by atoms with E-state index >= 15 is 0 Å². The standard InChI is InChI=1S/C23H11F4N5O2S/c24-12-3-5-14(16(26)10-12)20(33)31(21(34)15-6-4-13(25)11-17(15)27)23-29-22-28-8-7-18(32(22)30-23)19-2-1-9-35-19/h1-11H. The minimum atomic E-state index is -1.29. The van der Waals surface area contributed by atoms with E-state index in [1.807, 2.05) is 5.38 Å². The van der Waals surface area contributed by atoms with Crippen molar-refractivity contribution in [3.8, 4) is 10.6 Å². The first-order valence-corrected chi connectivity index (χ1v) is 10.8. The number of benzene rings is 2. The molecule has 0 fully saturated rings. The first-order valence-electron chi connectivity index (χ1n) is 9.88. The third-order valence-corrected chi connectivity index (χ3v) is 5.82. The zero-order valence-electron chi connectivity index (χ0n) is 17.3. The molecule has 5 aromatic rings. The molecule has 0 aliphatic carbocycles. The van der Waals surface area contributed by atoms with Gasteiger partial charge in [-0.2, -0.15) is 9.50 Å². The number of fused-ring (bicyclic) bond motifs is 1. The Hall–Kier alpha value is -4.45. The van der Waals surface area contributed by atoms with Crippen LogP contribution in [0.1, 0.15) is 20.7 Å². The highest BCUT2D eigenvalue weighted by Gasteiger charge is 2.33. The molecule has 0 saturated heterocycles. The highest BCUT2D eigenvalue weighted by Crippen LogP contribution is 2.26. The van der Waals surface area contributed by atoms with Crippen LogP contribution in [-0.2, 0) is 0 Å². The molecule has 0 spiro atoms. The quantitative estimate of drug-likeness (QED) is 0.261. The van der Waals surface area contributed by atoms with E-state index in [4.69, 9.17) is 0 Å². The summed E-state index contributed by atoms with van der Waals surface area (Å²) >= 11 is 1.39. The number of hydrogen-bond acceptors (Lipinski definition) is 6. The van der Waals surface area contributed by atoms with Crippen molar-refractivity contribution in [2.45, 2.75) is 0 Å². The number of hydrogen-bond donors (Lipinski definition) is 0. The molecule has 0 N–H and O–H groups in total. The van der Waals surface area contributed by atoms with E-state index in [0.29, 0.717) is 22.7 Å². The maximum absolute atomic E-state index is 14.4. The average Bonchev–Trinajstić information content (AvgIpc) is 3.49. The topological polar surface area (TPSA) is 80.5 Å². The number of amides is 2. The first-order chi connectivity index (χ1) is 16.8. The number of halogens is 4. The molecular weight excluding hydrogens is 486 g/mol. The number of carbonyl (C=O) groups excluding carboxylic acids is 2. The van der Waals surface area contributed by atoms with E-state index in [0.717, 1.165) is 29.1 Å². The molecule has 0 saturated carbocycles. The zero-order chi connectivity index (χ0) is 24.7. The SMILES string of the molecule is O=C(c1ccc(F)cc1F)N(C(=O)c1ccc(F)cc1F)c1nc2nccc(-c3cccs3)n2n1. The van der Waals surface area contributed by atoms with Gasteiger partial charge in [-0.3, -0.25) is 9.59 Å². The molecular formula is C23H11F4N5O2S. The van der Waals surface area contributed by atoms with Gasteiger partial charge in [0, 0.05) is 18.3 Å². The normalized spacial score (nSPS) is 11.1. The maximum atomic E-state index is 14.4. The highest BCUT2D eigenvalue weighted by atomic mass is 32.1. The number of rotatable bonds is 4. The van der Waals surface area contributed by atoms with E-state index in [1.165, 1.54) is 22.0 Å². The van der Waals surface area contributed by atoms with Gasteiger partial charge in [-0.15, -0.1) is 16.4 Å². The van der Waals surface area contributed by atoms with Crippen molar-refractivity contribution in [3.05, 3.63) is 101 Å². The smallest absolute Gasteiger partial charge is 0.268 e. The second kappa shape index (κ2) is 8.72. The number of anilines is 1. The summed E-state index contributed by atoms with van der Waals surface area (Å²) in [6, 6.07) is 9.47. The molecule has 35 heavy (non-hydrogen) atoms. The van der Waals surface area contributed by atoms with Gasteiger partial charge in [-0.05, 0) is 41.8 Å². The summed E-state index contributed by atoms with van der Waals surface area (Å²) < 4.78 is 57.0. The van der Waals surface area contributed by atoms with Crippen LogP contribution in [0.3, 0.4) is 0 Å². The van der Waals surface area contributed by atoms with E-state index in [1.54, 1.807) is 18.2 Å². The molecule has 7 nitrogen and oxygen atoms in total. The van der Waals surface area contributed by atoms with E-state index < -0.39 is 52.2 Å². The largest absolute Gasteiger partial charge is 0.270 e. The Morgan fingerprint density at radius 2 is 1.49 bits per heavy atom. The fourth-order valence-corrected chi connectivity index (χ4v) is 4.07. The molecule has 0 atom stereocenters. The summed E-state index contributed by atoms with van der Waals surface area (Å²) in [5.74, 6) is -7.52. The molecule has 3 heterocycles. The van der Waals surface area contributed by atoms with Crippen molar-refractivity contribution < 1.29 is 27.2 Å². The Bertz CT molecular complexity index is 1540. The van der Waals surface area contributed by atoms with Crippen molar-refractivity contribution in [2.24, 2.45) is 0 Å². The predicted molar refractivity (Wildman–Crippen MR) is 118 cm³/mol. The summed E-state index contributed by atoms with van der Waals surface area (Å²) in [5.41, 5.74) is -0.843. The van der Waals surface area contributed by atoms with Gasteiger partial charge in [-0.25, -0.2) is 27.4 Å². The lowest BCUT2D eigenvalue weighted by molar-refractivity contribution is 0.0891. The van der Waals surface area contributed by atoms with Crippen LogP contribution in [-0.4, -0.2) is 31.4 Å². The van der Waals surface area contributed by atoms with Gasteiger partial charge in [0.15, 0.2) is 0 Å². The Kier molecular flexibility index (Phi) is 5.57. The molecule has 2 amide bonds. The zero-order valence-corrected chi connectivity index (χ0v) is 18.1. The van der Waals surface area contributed by atoms with Crippen molar-refractivity contribution in [2.75, 3.05) is 4.90 Å². The number of carbonyl (C=O) groups is 2. The summed E-state index contributed by atoms with van der Waals surface area (Å²) in [7, 11) is 0. The second-order valence-corrected chi connectivity index (χ2v) is 8.07. The number of thiophene rings is 1. The molecule has 0 bridgehead atoms. The van der Waals surface area contributed by atoms with E-state index in [9.17, 15) is 27.2 Å². The third kappa shape index (κ3) is 4.04. The van der Waals surface area contributed by atoms with Crippen LogP contribution in [0.2, 0.25) is 0 Å². The van der Waals surface area contributed by atoms with Crippen molar-refractivity contribution in [1.29, 1.82) is 0 Å². The molecule has 12 heteroatoms. The molecule has 2 aromatic carbocycles. The van der Waals surface area contributed by atoms with Gasteiger partial charge in [0.25, 0.3) is 23.5 Å². The lowest BCUT2D eigenvalue weighted by Gasteiger charge is -2.18. The van der Waals surface area contributed by atoms with Gasteiger partial charge >= 0.3 is 0 Å². The van der Waals surface area contributed by atoms with Crippen LogP contribution in [0.15, 0.2) is 66.2 Å². The van der Waals surface area contributed by atoms with Crippen LogP contribution in [0.25, 0.3) is 16.3 Å². The van der Waals surface area contributed by atoms with Gasteiger partial charge in [0.05, 0.1) is 21.7 Å². The van der Waals surface area contributed by atoms with Gasteiger partial charge in [0.2, 0.25) is 0 Å². The maximum Gasteiger partial charge on any atom is 0.270 e. The van der Waals surface area contributed by atoms with Crippen LogP contribution in [0.5, 0.6) is 0 Å². The molecule has 0 aliphatic heterocycles. The van der Waals surface area contributed by atoms with Gasteiger partial charge in [-0.1, -0.05) is 6.07 Å². The number of aromatic nitrogens is 4. The molecule has 5 rings (SSSR count). The highest BCUT2D eigenvalue weighted by molar-refractivity contribution is 7.13. The molecule has 0 aliphatic rings. The minimum absolute atomic E-state index is 0.00402. The van der Waals surface area contributed by atoms with E-state index in [2.05, 4.69) is 15.1 Å². The van der Waals surface area contributed by atoms with Crippen LogP contribution in [0, 0.1) is 23.3 Å². The summed E-state index contributed by atoms with van der Waals surface area (Å²) in [5, 5.41) is 6.02. The Morgan fingerprint density at radius 1 is 0.857 bits per heavy atom. The van der Waals surface area contributed by atoms with Crippen molar-refractivity contribution in [1.82, 2.24) is 19.6 Å². The first kappa shape index (κ1) is 22.3. The van der Waals surface area contributed by atoms with Crippen LogP contribution < -0.4 is 4.90 Å². The molecule has 3 aromatic heterocycles. The monoisotopic (exact) mass is 497 g/mol. The van der Waals surface area contributed by atoms with Crippen LogP contribution >= 0.6 is 11.3 Å². The van der Waals surface area contributed by atoms with Gasteiger partial charge in [0.1, 0.15) is 23.3 Å². The molecule has 0 unspecified atom stereocenters. The summed E-state index contributed by atoms with van der Waals surface area (Å²) in [4.78, 5) is 35.9. The average molecular weight is 497 g/mol. The lowest BCUT2D eigenvalue weighted by atomic mass is 10.1. The summed E-state index contributed by atoms with van der Waals surface area (Å²) in [6.45, 7) is 0. The van der Waals surface area contributed by atoms with E-state index in [-0.39, 0.29) is 5.78 Å².